The van der Waals surface area contributed by atoms with E-state index in [9.17, 15) is 14.0 Å². The average molecular weight is 440 g/mol. The van der Waals surface area contributed by atoms with Gasteiger partial charge in [-0.15, -0.1) is 0 Å². The molecule has 8 nitrogen and oxygen atoms in total. The van der Waals surface area contributed by atoms with Crippen LogP contribution in [0.2, 0.25) is 10.0 Å². The summed E-state index contributed by atoms with van der Waals surface area (Å²) in [5, 5.41) is 11.1. The number of hydrogen-bond acceptors (Lipinski definition) is 5. The zero-order valence-electron chi connectivity index (χ0n) is 15.4. The number of halogens is 3. The van der Waals surface area contributed by atoms with Crippen molar-refractivity contribution in [2.45, 2.75) is 13.5 Å². The summed E-state index contributed by atoms with van der Waals surface area (Å²) in [5.74, 6) is -1.62. The second kappa shape index (κ2) is 8.62. The van der Waals surface area contributed by atoms with E-state index in [1.807, 2.05) is 0 Å². The third-order valence-corrected chi connectivity index (χ3v) is 4.56. The van der Waals surface area contributed by atoms with Crippen molar-refractivity contribution >= 4 is 40.9 Å². The predicted molar refractivity (Wildman–Crippen MR) is 105 cm³/mol. The lowest BCUT2D eigenvalue weighted by Crippen LogP contribution is -2.14. The minimum Gasteiger partial charge on any atom is -0.461 e. The molecule has 152 valence electrons. The quantitative estimate of drug-likeness (QED) is 0.593. The van der Waals surface area contributed by atoms with Gasteiger partial charge in [-0.1, -0.05) is 29.3 Å². The Morgan fingerprint density at radius 2 is 2.00 bits per heavy atom. The van der Waals surface area contributed by atoms with Crippen LogP contribution in [0, 0.1) is 5.82 Å². The molecule has 29 heavy (non-hydrogen) atoms. The van der Waals surface area contributed by atoms with Gasteiger partial charge in [-0.25, -0.2) is 9.18 Å². The number of carbonyl (C=O) groups excluding carboxylic acids is 2. The molecule has 3 aromatic rings. The number of ether oxygens (including phenoxy) is 1. The molecule has 2 heterocycles. The highest BCUT2D eigenvalue weighted by atomic mass is 35.5. The van der Waals surface area contributed by atoms with E-state index in [-0.39, 0.29) is 46.0 Å². The maximum atomic E-state index is 14.0. The van der Waals surface area contributed by atoms with Crippen LogP contribution in [-0.2, 0) is 18.3 Å². The first-order valence-electron chi connectivity index (χ1n) is 8.48. The van der Waals surface area contributed by atoms with E-state index in [1.54, 1.807) is 13.0 Å². The first-order chi connectivity index (χ1) is 13.8. The monoisotopic (exact) mass is 439 g/mol. The van der Waals surface area contributed by atoms with E-state index in [1.165, 1.54) is 40.8 Å². The van der Waals surface area contributed by atoms with E-state index < -0.39 is 17.7 Å². The van der Waals surface area contributed by atoms with Gasteiger partial charge in [0, 0.05) is 29.9 Å². The number of benzene rings is 1. The number of aryl methyl sites for hydroxylation is 1. The Morgan fingerprint density at radius 3 is 2.69 bits per heavy atom. The highest BCUT2D eigenvalue weighted by Crippen LogP contribution is 2.24. The third kappa shape index (κ3) is 4.57. The number of hydrogen-bond donors (Lipinski definition) is 1. The molecule has 0 bridgehead atoms. The Hall–Kier alpha value is -2.91. The lowest BCUT2D eigenvalue weighted by atomic mass is 10.2. The summed E-state index contributed by atoms with van der Waals surface area (Å²) in [6.07, 6.45) is 1.43. The molecule has 0 saturated heterocycles. The normalized spacial score (nSPS) is 10.8. The van der Waals surface area contributed by atoms with Crippen molar-refractivity contribution in [3.63, 3.8) is 0 Å². The van der Waals surface area contributed by atoms with Crippen LogP contribution in [0.15, 0.2) is 30.5 Å². The fraction of sp³-hybridized carbons (Fsp3) is 0.222. The molecule has 0 radical (unpaired) electrons. The molecule has 0 aliphatic carbocycles. The van der Waals surface area contributed by atoms with Gasteiger partial charge in [0.25, 0.3) is 5.91 Å². The molecular formula is C18H16Cl2FN5O3. The summed E-state index contributed by atoms with van der Waals surface area (Å²) in [6, 6.07) is 5.66. The molecule has 0 unspecified atom stereocenters. The molecule has 0 saturated carbocycles. The zero-order chi connectivity index (χ0) is 21.1. The Morgan fingerprint density at radius 1 is 1.24 bits per heavy atom. The van der Waals surface area contributed by atoms with E-state index in [0.717, 1.165) is 0 Å². The number of anilines is 1. The number of rotatable bonds is 6. The smallest absolute Gasteiger partial charge is 0.356 e. The standard InChI is InChI=1S/C18H16Cl2FN5O3/c1-3-29-18(28)15-7-14(23-25(15)2)17(27)22-16-12(20)9-26(24-16)8-10-11(19)5-4-6-13(10)21/h4-7,9H,3,8H2,1-2H3,(H,22,24,27). The predicted octanol–water partition coefficient (Wildman–Crippen LogP) is 3.54. The highest BCUT2D eigenvalue weighted by molar-refractivity contribution is 6.33. The molecule has 0 atom stereocenters. The first-order valence-corrected chi connectivity index (χ1v) is 9.24. The van der Waals surface area contributed by atoms with Crippen LogP contribution in [0.4, 0.5) is 10.2 Å². The van der Waals surface area contributed by atoms with Gasteiger partial charge < -0.3 is 10.1 Å². The number of aromatic nitrogens is 4. The summed E-state index contributed by atoms with van der Waals surface area (Å²) in [5.41, 5.74) is 0.358. The Balaban J connectivity index is 1.77. The van der Waals surface area contributed by atoms with Crippen molar-refractivity contribution in [2.24, 2.45) is 7.05 Å². The Labute approximate surface area is 175 Å². The number of amides is 1. The van der Waals surface area contributed by atoms with Gasteiger partial charge >= 0.3 is 5.97 Å². The van der Waals surface area contributed by atoms with Gasteiger partial charge in [0.2, 0.25) is 0 Å². The van der Waals surface area contributed by atoms with Crippen molar-refractivity contribution in [1.82, 2.24) is 19.6 Å². The third-order valence-electron chi connectivity index (χ3n) is 3.93. The van der Waals surface area contributed by atoms with Gasteiger partial charge in [-0.05, 0) is 19.1 Å². The second-order valence-electron chi connectivity index (χ2n) is 5.94. The SMILES string of the molecule is CCOC(=O)c1cc(C(=O)Nc2nn(Cc3c(F)cccc3Cl)cc2Cl)nn1C. The minimum atomic E-state index is -0.618. The molecule has 1 aromatic carbocycles. The first kappa shape index (κ1) is 20.8. The number of carbonyl (C=O) groups is 2. The van der Waals surface area contributed by atoms with E-state index in [2.05, 4.69) is 15.5 Å². The summed E-state index contributed by atoms with van der Waals surface area (Å²) >= 11 is 12.1. The van der Waals surface area contributed by atoms with Crippen molar-refractivity contribution in [1.29, 1.82) is 0 Å². The number of nitrogens with one attached hydrogen (secondary N) is 1. The molecule has 0 aliphatic heterocycles. The van der Waals surface area contributed by atoms with Crippen molar-refractivity contribution in [3.05, 3.63) is 63.3 Å². The van der Waals surface area contributed by atoms with Gasteiger partial charge in [0.15, 0.2) is 11.5 Å². The summed E-state index contributed by atoms with van der Waals surface area (Å²) < 4.78 is 21.5. The second-order valence-corrected chi connectivity index (χ2v) is 6.75. The van der Waals surface area contributed by atoms with E-state index in [0.29, 0.717) is 0 Å². The molecule has 1 N–H and O–H groups in total. The van der Waals surface area contributed by atoms with Crippen LogP contribution in [-0.4, -0.2) is 38.0 Å². The van der Waals surface area contributed by atoms with Gasteiger partial charge in [0.05, 0.1) is 13.2 Å². The molecule has 2 aromatic heterocycles. The van der Waals surface area contributed by atoms with Crippen LogP contribution in [0.1, 0.15) is 33.5 Å². The molecule has 0 spiro atoms. The van der Waals surface area contributed by atoms with Crippen LogP contribution in [0.25, 0.3) is 0 Å². The number of nitrogens with zero attached hydrogens (tertiary/aromatic N) is 4. The van der Waals surface area contributed by atoms with Crippen LogP contribution in [0.3, 0.4) is 0 Å². The van der Waals surface area contributed by atoms with Crippen molar-refractivity contribution in [2.75, 3.05) is 11.9 Å². The molecular weight excluding hydrogens is 424 g/mol. The summed E-state index contributed by atoms with van der Waals surface area (Å²) in [4.78, 5) is 24.3. The van der Waals surface area contributed by atoms with E-state index >= 15 is 0 Å². The zero-order valence-corrected chi connectivity index (χ0v) is 17.0. The molecule has 3 rings (SSSR count). The molecule has 1 amide bonds. The Bertz CT molecular complexity index is 1060. The molecule has 11 heteroatoms. The largest absolute Gasteiger partial charge is 0.461 e. The lowest BCUT2D eigenvalue weighted by molar-refractivity contribution is 0.0513. The number of esters is 1. The molecule has 0 fully saturated rings. The maximum Gasteiger partial charge on any atom is 0.356 e. The topological polar surface area (TPSA) is 91.0 Å². The van der Waals surface area contributed by atoms with Gasteiger partial charge in [-0.2, -0.15) is 10.2 Å². The minimum absolute atomic E-state index is 0.0154. The van der Waals surface area contributed by atoms with Crippen LogP contribution < -0.4 is 5.32 Å². The molecule has 0 aliphatic rings. The lowest BCUT2D eigenvalue weighted by Gasteiger charge is -2.05. The highest BCUT2D eigenvalue weighted by Gasteiger charge is 2.20. The van der Waals surface area contributed by atoms with Crippen molar-refractivity contribution in [3.8, 4) is 0 Å². The Kier molecular flexibility index (Phi) is 6.19. The fourth-order valence-electron chi connectivity index (χ4n) is 2.55. The van der Waals surface area contributed by atoms with Crippen LogP contribution in [0.5, 0.6) is 0 Å². The van der Waals surface area contributed by atoms with E-state index in [4.69, 9.17) is 27.9 Å². The summed E-state index contributed by atoms with van der Waals surface area (Å²) in [6.45, 7) is 1.90. The maximum absolute atomic E-state index is 14.0. The van der Waals surface area contributed by atoms with Crippen molar-refractivity contribution < 1.29 is 18.7 Å². The van der Waals surface area contributed by atoms with Gasteiger partial charge in [-0.3, -0.25) is 14.2 Å². The summed E-state index contributed by atoms with van der Waals surface area (Å²) in [7, 11) is 1.52. The fourth-order valence-corrected chi connectivity index (χ4v) is 2.97. The van der Waals surface area contributed by atoms with Gasteiger partial charge in [0.1, 0.15) is 16.5 Å². The van der Waals surface area contributed by atoms with Crippen LogP contribution >= 0.6 is 23.2 Å². The average Bonchev–Trinajstić information content (AvgIpc) is 3.21.